The number of ketones is 1. The van der Waals surface area contributed by atoms with Crippen LogP contribution in [0, 0.1) is 5.92 Å². The van der Waals surface area contributed by atoms with Gasteiger partial charge in [0.05, 0.1) is 6.54 Å². The summed E-state index contributed by atoms with van der Waals surface area (Å²) in [4.78, 5) is 12.4. The topological polar surface area (TPSA) is 90.2 Å². The van der Waals surface area contributed by atoms with Crippen molar-refractivity contribution in [2.75, 3.05) is 12.3 Å². The minimum Gasteiger partial charge on any atom is -0.453 e. The highest BCUT2D eigenvalue weighted by Gasteiger charge is 2.70. The van der Waals surface area contributed by atoms with Crippen molar-refractivity contribution in [3.8, 4) is 11.3 Å². The van der Waals surface area contributed by atoms with Gasteiger partial charge in [-0.25, -0.2) is 0 Å². The second-order valence-electron chi connectivity index (χ2n) is 7.31. The van der Waals surface area contributed by atoms with Crippen LogP contribution in [0.4, 0.5) is 5.69 Å². The summed E-state index contributed by atoms with van der Waals surface area (Å²) in [5.74, 6) is 1.83. The summed E-state index contributed by atoms with van der Waals surface area (Å²) >= 11 is 0. The molecule has 4 atom stereocenters. The minimum absolute atomic E-state index is 0.0126. The van der Waals surface area contributed by atoms with Crippen LogP contribution < -0.4 is 16.4 Å². The predicted octanol–water partition coefficient (Wildman–Crippen LogP) is 2.19. The molecule has 2 heterocycles. The molecule has 124 valence electrons. The molecule has 0 radical (unpaired) electrons. The Morgan fingerprint density at radius 1 is 1.29 bits per heavy atom. The molecule has 24 heavy (non-hydrogen) atoms. The van der Waals surface area contributed by atoms with E-state index >= 15 is 0 Å². The Balaban J connectivity index is 1.22. The van der Waals surface area contributed by atoms with E-state index in [4.69, 9.17) is 10.2 Å². The van der Waals surface area contributed by atoms with Crippen molar-refractivity contribution in [1.82, 2.24) is 10.6 Å². The monoisotopic (exact) mass is 323 g/mol. The van der Waals surface area contributed by atoms with E-state index in [-0.39, 0.29) is 5.78 Å². The van der Waals surface area contributed by atoms with Crippen molar-refractivity contribution < 1.29 is 9.21 Å². The molecule has 2 saturated carbocycles. The summed E-state index contributed by atoms with van der Waals surface area (Å²) in [6.07, 6.45) is 3.72. The molecule has 1 aromatic heterocycles. The van der Waals surface area contributed by atoms with Crippen LogP contribution in [-0.2, 0) is 0 Å². The van der Waals surface area contributed by atoms with Crippen molar-refractivity contribution in [1.29, 1.82) is 0 Å². The number of carbonyl (C=O) groups excluding carboxylic acids is 1. The number of anilines is 1. The Hall–Kier alpha value is -2.11. The zero-order chi connectivity index (χ0) is 16.3. The van der Waals surface area contributed by atoms with E-state index in [1.807, 2.05) is 30.3 Å². The van der Waals surface area contributed by atoms with Gasteiger partial charge in [0.25, 0.3) is 0 Å². The number of furan rings is 1. The Kier molecular flexibility index (Phi) is 2.94. The average molecular weight is 323 g/mol. The van der Waals surface area contributed by atoms with Crippen molar-refractivity contribution in [2.24, 2.45) is 5.92 Å². The van der Waals surface area contributed by atoms with Crippen LogP contribution in [0.5, 0.6) is 0 Å². The lowest BCUT2D eigenvalue weighted by molar-refractivity contribution is 0.0949. The van der Waals surface area contributed by atoms with Crippen molar-refractivity contribution >= 4 is 11.5 Å². The van der Waals surface area contributed by atoms with Crippen LogP contribution in [-0.4, -0.2) is 30.0 Å². The van der Waals surface area contributed by atoms with Gasteiger partial charge in [-0.3, -0.25) is 4.79 Å². The number of nitrogens with one attached hydrogen (secondary N) is 2. The lowest BCUT2D eigenvalue weighted by atomic mass is 9.72. The first-order valence-electron chi connectivity index (χ1n) is 8.66. The zero-order valence-electron chi connectivity index (χ0n) is 13.4. The van der Waals surface area contributed by atoms with Crippen LogP contribution in [0.1, 0.15) is 29.8 Å². The van der Waals surface area contributed by atoms with Gasteiger partial charge in [0.15, 0.2) is 5.76 Å². The van der Waals surface area contributed by atoms with E-state index in [1.165, 1.54) is 12.8 Å². The average Bonchev–Trinajstić information content (AvgIpc) is 3.02. The smallest absolute Gasteiger partial charge is 0.211 e. The highest BCUT2D eigenvalue weighted by Crippen LogP contribution is 2.59. The molecule has 1 saturated heterocycles. The third kappa shape index (κ3) is 2.05. The second-order valence-corrected chi connectivity index (χ2v) is 7.31. The Labute approximate surface area is 140 Å². The number of rotatable bonds is 5. The molecule has 1 aliphatic heterocycles. The molecule has 5 rings (SSSR count). The van der Waals surface area contributed by atoms with E-state index in [1.54, 1.807) is 6.07 Å². The van der Waals surface area contributed by atoms with E-state index in [0.29, 0.717) is 47.3 Å². The first-order valence-corrected chi connectivity index (χ1v) is 8.66. The van der Waals surface area contributed by atoms with Crippen molar-refractivity contribution in [3.05, 3.63) is 42.2 Å². The molecule has 0 amide bonds. The molecular weight excluding hydrogens is 302 g/mol. The summed E-state index contributed by atoms with van der Waals surface area (Å²) < 4.78 is 5.73. The van der Waals surface area contributed by atoms with E-state index in [0.717, 1.165) is 12.0 Å². The molecule has 1 spiro atoms. The SMILES string of the molecule is Nc1ccc(-c2ccc(C(=O)CN[C@@H]3CC4NC45CCC35)o2)cc1. The molecule has 1 aromatic carbocycles. The fourth-order valence-corrected chi connectivity index (χ4v) is 4.59. The van der Waals surface area contributed by atoms with Gasteiger partial charge >= 0.3 is 0 Å². The number of benzene rings is 1. The van der Waals surface area contributed by atoms with Crippen LogP contribution >= 0.6 is 0 Å². The Morgan fingerprint density at radius 2 is 2.12 bits per heavy atom. The van der Waals surface area contributed by atoms with Gasteiger partial charge in [0, 0.05) is 28.9 Å². The van der Waals surface area contributed by atoms with E-state index in [9.17, 15) is 4.79 Å². The number of nitrogen functional groups attached to an aromatic ring is 1. The van der Waals surface area contributed by atoms with Gasteiger partial charge in [0.1, 0.15) is 5.76 Å². The largest absolute Gasteiger partial charge is 0.453 e. The third-order valence-electron chi connectivity index (χ3n) is 6.09. The predicted molar refractivity (Wildman–Crippen MR) is 91.7 cm³/mol. The lowest BCUT2D eigenvalue weighted by Crippen LogP contribution is -2.48. The van der Waals surface area contributed by atoms with Crippen LogP contribution in [0.3, 0.4) is 0 Å². The summed E-state index contributed by atoms with van der Waals surface area (Å²) in [6.45, 7) is 0.346. The maximum Gasteiger partial charge on any atom is 0.211 e. The first kappa shape index (κ1) is 14.3. The molecule has 5 nitrogen and oxygen atoms in total. The molecule has 5 heteroatoms. The Morgan fingerprint density at radius 3 is 2.83 bits per heavy atom. The summed E-state index contributed by atoms with van der Waals surface area (Å²) in [7, 11) is 0. The van der Waals surface area contributed by atoms with Crippen molar-refractivity contribution in [2.45, 2.75) is 36.9 Å². The quantitative estimate of drug-likeness (QED) is 0.446. The lowest BCUT2D eigenvalue weighted by Gasteiger charge is -2.37. The van der Waals surface area contributed by atoms with E-state index < -0.39 is 0 Å². The molecule has 3 aliphatic rings. The maximum absolute atomic E-state index is 12.4. The number of piperidine rings is 1. The summed E-state index contributed by atoms with van der Waals surface area (Å²) in [5, 5.41) is 7.06. The number of hydrogen-bond acceptors (Lipinski definition) is 5. The number of Topliss-reactive ketones (excluding diaryl/α,β-unsaturated/α-hetero) is 1. The number of nitrogens with two attached hydrogens (primary N) is 1. The van der Waals surface area contributed by atoms with Gasteiger partial charge in [-0.15, -0.1) is 0 Å². The molecule has 3 fully saturated rings. The van der Waals surface area contributed by atoms with Crippen molar-refractivity contribution in [3.63, 3.8) is 0 Å². The fourth-order valence-electron chi connectivity index (χ4n) is 4.59. The molecule has 4 N–H and O–H groups in total. The number of hydrogen-bond donors (Lipinski definition) is 3. The number of carbonyl (C=O) groups is 1. The molecule has 0 bridgehead atoms. The normalized spacial score (nSPS) is 32.8. The fraction of sp³-hybridized carbons (Fsp3) is 0.421. The van der Waals surface area contributed by atoms with Crippen LogP contribution in [0.2, 0.25) is 0 Å². The van der Waals surface area contributed by atoms with Gasteiger partial charge in [-0.1, -0.05) is 0 Å². The first-order chi connectivity index (χ1) is 11.7. The van der Waals surface area contributed by atoms with Gasteiger partial charge in [0.2, 0.25) is 5.78 Å². The highest BCUT2D eigenvalue weighted by molar-refractivity contribution is 5.95. The molecule has 2 aromatic rings. The molecule has 2 aliphatic carbocycles. The molecular formula is C19H21N3O2. The summed E-state index contributed by atoms with van der Waals surface area (Å²) in [5.41, 5.74) is 7.77. The third-order valence-corrected chi connectivity index (χ3v) is 6.09. The highest BCUT2D eigenvalue weighted by atomic mass is 16.3. The molecule has 3 unspecified atom stereocenters. The standard InChI is InChI=1S/C19H21N3O2/c20-12-3-1-11(2-4-12)16-5-6-17(24-16)15(23)10-21-14-9-18-19(22-18)8-7-13(14)19/h1-6,13-14,18,21-22H,7-10,20H2/t13?,14-,18?,19?/m1/s1. The van der Waals surface area contributed by atoms with Crippen LogP contribution in [0.15, 0.2) is 40.8 Å². The van der Waals surface area contributed by atoms with Gasteiger partial charge < -0.3 is 20.8 Å². The zero-order valence-corrected chi connectivity index (χ0v) is 13.4. The van der Waals surface area contributed by atoms with E-state index in [2.05, 4.69) is 10.6 Å². The second kappa shape index (κ2) is 4.94. The maximum atomic E-state index is 12.4. The van der Waals surface area contributed by atoms with Gasteiger partial charge in [-0.2, -0.15) is 0 Å². The van der Waals surface area contributed by atoms with Crippen LogP contribution in [0.25, 0.3) is 11.3 Å². The van der Waals surface area contributed by atoms with Gasteiger partial charge in [-0.05, 0) is 61.6 Å². The Bertz CT molecular complexity index is 793. The minimum atomic E-state index is 0.0126. The summed E-state index contributed by atoms with van der Waals surface area (Å²) in [6, 6.07) is 12.2.